The Morgan fingerprint density at radius 2 is 1.89 bits per heavy atom. The number of nitrogens with one attached hydrogen (secondary N) is 1. The van der Waals surface area contributed by atoms with E-state index in [1.807, 2.05) is 0 Å². The Labute approximate surface area is 119 Å². The lowest BCUT2D eigenvalue weighted by atomic mass is 10.0. The summed E-state index contributed by atoms with van der Waals surface area (Å²) >= 11 is 0. The van der Waals surface area contributed by atoms with Crippen LogP contribution in [-0.2, 0) is 0 Å². The third kappa shape index (κ3) is 7.17. The predicted octanol–water partition coefficient (Wildman–Crippen LogP) is 5.04. The standard InChI is InChI=1S/C18H29N/c1-4-6-8-13-18(15-19-16(3)5-2)14-17-11-9-7-10-12-17/h7,9-12,14,16,19H,4-6,8,13,15H2,1-3H3/b18-14+/t16-/m0/s1. The molecule has 0 amide bonds. The van der Waals surface area contributed by atoms with Gasteiger partial charge in [0.1, 0.15) is 0 Å². The minimum atomic E-state index is 0.602. The van der Waals surface area contributed by atoms with Crippen LogP contribution in [0.15, 0.2) is 35.9 Å². The molecule has 1 aromatic carbocycles. The molecule has 0 saturated carbocycles. The first-order chi connectivity index (χ1) is 9.26. The second kappa shape index (κ2) is 9.80. The SMILES string of the molecule is CCCCC/C(=C\c1ccccc1)CN[C@@H](C)CC. The van der Waals surface area contributed by atoms with E-state index in [2.05, 4.69) is 62.5 Å². The minimum Gasteiger partial charge on any atom is -0.311 e. The van der Waals surface area contributed by atoms with Gasteiger partial charge in [0.2, 0.25) is 0 Å². The van der Waals surface area contributed by atoms with E-state index in [-0.39, 0.29) is 0 Å². The van der Waals surface area contributed by atoms with Crippen molar-refractivity contribution >= 4 is 6.08 Å². The Balaban J connectivity index is 2.60. The van der Waals surface area contributed by atoms with Gasteiger partial charge in [-0.2, -0.15) is 0 Å². The van der Waals surface area contributed by atoms with Crippen molar-refractivity contribution in [3.05, 3.63) is 41.5 Å². The molecular formula is C18H29N. The molecule has 0 bridgehead atoms. The van der Waals surface area contributed by atoms with Gasteiger partial charge in [0.05, 0.1) is 0 Å². The highest BCUT2D eigenvalue weighted by Crippen LogP contribution is 2.13. The topological polar surface area (TPSA) is 12.0 Å². The van der Waals surface area contributed by atoms with Gasteiger partial charge < -0.3 is 5.32 Å². The molecule has 1 rings (SSSR count). The number of hydrogen-bond acceptors (Lipinski definition) is 1. The zero-order chi connectivity index (χ0) is 13.9. The van der Waals surface area contributed by atoms with Crippen molar-refractivity contribution in [3.63, 3.8) is 0 Å². The van der Waals surface area contributed by atoms with Gasteiger partial charge in [-0.3, -0.25) is 0 Å². The average Bonchev–Trinajstić information content (AvgIpc) is 2.45. The summed E-state index contributed by atoms with van der Waals surface area (Å²) in [6.07, 6.45) is 8.68. The molecule has 0 aliphatic carbocycles. The summed E-state index contributed by atoms with van der Waals surface area (Å²) in [4.78, 5) is 0. The van der Waals surface area contributed by atoms with Crippen LogP contribution in [0, 0.1) is 0 Å². The highest BCUT2D eigenvalue weighted by molar-refractivity contribution is 5.52. The summed E-state index contributed by atoms with van der Waals surface area (Å²) in [7, 11) is 0. The summed E-state index contributed by atoms with van der Waals surface area (Å²) in [5, 5.41) is 3.61. The van der Waals surface area contributed by atoms with Crippen molar-refractivity contribution < 1.29 is 0 Å². The van der Waals surface area contributed by atoms with Crippen LogP contribution in [0.4, 0.5) is 0 Å². The molecule has 0 spiro atoms. The third-order valence-electron chi connectivity index (χ3n) is 3.56. The predicted molar refractivity (Wildman–Crippen MR) is 86.3 cm³/mol. The van der Waals surface area contributed by atoms with Crippen LogP contribution in [0.2, 0.25) is 0 Å². The molecule has 0 unspecified atom stereocenters. The fourth-order valence-electron chi connectivity index (χ4n) is 2.05. The molecule has 0 aromatic heterocycles. The van der Waals surface area contributed by atoms with Crippen LogP contribution >= 0.6 is 0 Å². The van der Waals surface area contributed by atoms with Gasteiger partial charge in [-0.1, -0.05) is 68.7 Å². The van der Waals surface area contributed by atoms with E-state index in [9.17, 15) is 0 Å². The number of rotatable bonds is 9. The van der Waals surface area contributed by atoms with Crippen molar-refractivity contribution in [2.24, 2.45) is 0 Å². The molecule has 1 nitrogen and oxygen atoms in total. The second-order valence-electron chi connectivity index (χ2n) is 5.36. The second-order valence-corrected chi connectivity index (χ2v) is 5.36. The van der Waals surface area contributed by atoms with Gasteiger partial charge in [0, 0.05) is 12.6 Å². The highest BCUT2D eigenvalue weighted by atomic mass is 14.9. The van der Waals surface area contributed by atoms with Crippen LogP contribution in [0.5, 0.6) is 0 Å². The van der Waals surface area contributed by atoms with Crippen LogP contribution in [-0.4, -0.2) is 12.6 Å². The Hall–Kier alpha value is -1.08. The molecule has 19 heavy (non-hydrogen) atoms. The molecule has 0 saturated heterocycles. The molecule has 1 heteroatoms. The summed E-state index contributed by atoms with van der Waals surface area (Å²) in [5.41, 5.74) is 2.85. The summed E-state index contributed by atoms with van der Waals surface area (Å²) < 4.78 is 0. The third-order valence-corrected chi connectivity index (χ3v) is 3.56. The molecule has 0 aliphatic heterocycles. The molecule has 0 heterocycles. The highest BCUT2D eigenvalue weighted by Gasteiger charge is 2.02. The zero-order valence-electron chi connectivity index (χ0n) is 12.8. The molecular weight excluding hydrogens is 230 g/mol. The molecule has 1 atom stereocenters. The Bertz CT molecular complexity index is 353. The smallest absolute Gasteiger partial charge is 0.0170 e. The minimum absolute atomic E-state index is 0.602. The molecule has 1 N–H and O–H groups in total. The van der Waals surface area contributed by atoms with Crippen LogP contribution in [0.1, 0.15) is 58.4 Å². The van der Waals surface area contributed by atoms with Crippen molar-refractivity contribution in [2.45, 2.75) is 58.9 Å². The lowest BCUT2D eigenvalue weighted by Crippen LogP contribution is -2.27. The van der Waals surface area contributed by atoms with E-state index in [0.29, 0.717) is 6.04 Å². The number of benzene rings is 1. The maximum Gasteiger partial charge on any atom is 0.0170 e. The lowest BCUT2D eigenvalue weighted by molar-refractivity contribution is 0.551. The summed E-state index contributed by atoms with van der Waals surface area (Å²) in [6, 6.07) is 11.3. The summed E-state index contributed by atoms with van der Waals surface area (Å²) in [5.74, 6) is 0. The Morgan fingerprint density at radius 3 is 2.53 bits per heavy atom. The van der Waals surface area contributed by atoms with Crippen LogP contribution < -0.4 is 5.32 Å². The van der Waals surface area contributed by atoms with Crippen LogP contribution in [0.3, 0.4) is 0 Å². The number of unbranched alkanes of at least 4 members (excludes halogenated alkanes) is 2. The van der Waals surface area contributed by atoms with Gasteiger partial charge in [-0.25, -0.2) is 0 Å². The molecule has 0 aliphatic rings. The Kier molecular flexibility index (Phi) is 8.24. The normalized spacial score (nSPS) is 13.5. The first kappa shape index (κ1) is 16.0. The van der Waals surface area contributed by atoms with Crippen molar-refractivity contribution in [1.29, 1.82) is 0 Å². The van der Waals surface area contributed by atoms with Gasteiger partial charge in [-0.05, 0) is 31.7 Å². The molecule has 106 valence electrons. The van der Waals surface area contributed by atoms with Gasteiger partial charge in [0.15, 0.2) is 0 Å². The van der Waals surface area contributed by atoms with Crippen molar-refractivity contribution in [2.75, 3.05) is 6.54 Å². The van der Waals surface area contributed by atoms with E-state index < -0.39 is 0 Å². The Morgan fingerprint density at radius 1 is 1.16 bits per heavy atom. The van der Waals surface area contributed by atoms with E-state index in [1.165, 1.54) is 43.2 Å². The van der Waals surface area contributed by atoms with Crippen molar-refractivity contribution in [1.82, 2.24) is 5.32 Å². The van der Waals surface area contributed by atoms with Crippen LogP contribution in [0.25, 0.3) is 6.08 Å². The first-order valence-corrected chi connectivity index (χ1v) is 7.74. The summed E-state index contributed by atoms with van der Waals surface area (Å²) in [6.45, 7) is 7.77. The zero-order valence-corrected chi connectivity index (χ0v) is 12.8. The first-order valence-electron chi connectivity index (χ1n) is 7.74. The maximum atomic E-state index is 3.61. The molecule has 0 radical (unpaired) electrons. The lowest BCUT2D eigenvalue weighted by Gasteiger charge is -2.14. The van der Waals surface area contributed by atoms with Gasteiger partial charge >= 0.3 is 0 Å². The van der Waals surface area contributed by atoms with Gasteiger partial charge in [0.25, 0.3) is 0 Å². The fraction of sp³-hybridized carbons (Fsp3) is 0.556. The van der Waals surface area contributed by atoms with E-state index in [1.54, 1.807) is 0 Å². The maximum absolute atomic E-state index is 3.61. The van der Waals surface area contributed by atoms with Gasteiger partial charge in [-0.15, -0.1) is 0 Å². The molecule has 0 fully saturated rings. The van der Waals surface area contributed by atoms with E-state index in [0.717, 1.165) is 6.54 Å². The number of hydrogen-bond donors (Lipinski definition) is 1. The monoisotopic (exact) mass is 259 g/mol. The molecule has 1 aromatic rings. The quantitative estimate of drug-likeness (QED) is 0.613. The van der Waals surface area contributed by atoms with E-state index >= 15 is 0 Å². The largest absolute Gasteiger partial charge is 0.311 e. The average molecular weight is 259 g/mol. The van der Waals surface area contributed by atoms with Crippen molar-refractivity contribution in [3.8, 4) is 0 Å². The van der Waals surface area contributed by atoms with E-state index in [4.69, 9.17) is 0 Å². The fourth-order valence-corrected chi connectivity index (χ4v) is 2.05.